The summed E-state index contributed by atoms with van der Waals surface area (Å²) in [5.41, 5.74) is 1.11. The molecule has 1 aromatic carbocycles. The average molecular weight is 289 g/mol. The molecule has 2 bridgehead atoms. The molecule has 2 saturated carbocycles. The first kappa shape index (κ1) is 14.4. The van der Waals surface area contributed by atoms with E-state index in [2.05, 4.69) is 12.2 Å². The Morgan fingerprint density at radius 1 is 1.29 bits per heavy atom. The van der Waals surface area contributed by atoms with Gasteiger partial charge in [0.1, 0.15) is 5.75 Å². The van der Waals surface area contributed by atoms with Gasteiger partial charge in [-0.3, -0.25) is 4.79 Å². The Morgan fingerprint density at radius 2 is 1.95 bits per heavy atom. The molecular formula is C17H23NO3. The van der Waals surface area contributed by atoms with Gasteiger partial charge >= 0.3 is 5.97 Å². The van der Waals surface area contributed by atoms with Gasteiger partial charge in [-0.15, -0.1) is 0 Å². The molecule has 114 valence electrons. The summed E-state index contributed by atoms with van der Waals surface area (Å²) in [4.78, 5) is 11.6. The van der Waals surface area contributed by atoms with Crippen LogP contribution in [0.25, 0.3) is 0 Å². The molecule has 2 fully saturated rings. The Kier molecular flexibility index (Phi) is 3.89. The van der Waals surface area contributed by atoms with Crippen LogP contribution in [0.5, 0.6) is 5.75 Å². The lowest BCUT2D eigenvalue weighted by Crippen LogP contribution is -2.45. The number of hydrogen-bond donors (Lipinski definition) is 3. The summed E-state index contributed by atoms with van der Waals surface area (Å²) in [6.45, 7) is 2.10. The third kappa shape index (κ3) is 2.64. The van der Waals surface area contributed by atoms with Crippen LogP contribution in [0.1, 0.15) is 44.2 Å². The minimum atomic E-state index is -0.653. The monoisotopic (exact) mass is 289 g/mol. The molecule has 1 aromatic rings. The minimum absolute atomic E-state index is 0.0833. The van der Waals surface area contributed by atoms with Gasteiger partial charge in [0.2, 0.25) is 0 Å². The first-order valence-electron chi connectivity index (χ1n) is 7.88. The number of carbonyl (C=O) groups is 1. The van der Waals surface area contributed by atoms with Crippen LogP contribution in [0.4, 0.5) is 0 Å². The molecule has 0 spiro atoms. The summed E-state index contributed by atoms with van der Waals surface area (Å²) in [6, 6.07) is 7.44. The third-order valence-corrected chi connectivity index (χ3v) is 5.30. The fraction of sp³-hybridized carbons (Fsp3) is 0.588. The Hall–Kier alpha value is -1.55. The van der Waals surface area contributed by atoms with Gasteiger partial charge in [0.25, 0.3) is 0 Å². The van der Waals surface area contributed by atoms with Gasteiger partial charge in [0.05, 0.1) is 5.92 Å². The molecular weight excluding hydrogens is 266 g/mol. The van der Waals surface area contributed by atoms with Crippen molar-refractivity contribution < 1.29 is 15.0 Å². The SMILES string of the molecule is CCC(NC1C2CCC(C2)C1C(=O)O)c1ccc(O)cc1. The maximum Gasteiger partial charge on any atom is 0.308 e. The molecule has 0 radical (unpaired) electrons. The van der Waals surface area contributed by atoms with Gasteiger partial charge in [-0.25, -0.2) is 0 Å². The van der Waals surface area contributed by atoms with E-state index in [1.54, 1.807) is 12.1 Å². The van der Waals surface area contributed by atoms with Crippen LogP contribution >= 0.6 is 0 Å². The highest BCUT2D eigenvalue weighted by Crippen LogP contribution is 2.49. The maximum absolute atomic E-state index is 11.6. The fourth-order valence-electron chi connectivity index (χ4n) is 4.28. The lowest BCUT2D eigenvalue weighted by atomic mass is 9.83. The van der Waals surface area contributed by atoms with Crippen molar-refractivity contribution >= 4 is 5.97 Å². The molecule has 21 heavy (non-hydrogen) atoms. The van der Waals surface area contributed by atoms with E-state index >= 15 is 0 Å². The van der Waals surface area contributed by atoms with Crippen LogP contribution < -0.4 is 5.32 Å². The van der Waals surface area contributed by atoms with Gasteiger partial charge in [0, 0.05) is 12.1 Å². The summed E-state index contributed by atoms with van der Waals surface area (Å²) >= 11 is 0. The van der Waals surface area contributed by atoms with Crippen molar-refractivity contribution in [3.8, 4) is 5.75 Å². The van der Waals surface area contributed by atoms with Crippen molar-refractivity contribution in [1.29, 1.82) is 0 Å². The van der Waals surface area contributed by atoms with Crippen molar-refractivity contribution in [1.82, 2.24) is 5.32 Å². The molecule has 5 atom stereocenters. The van der Waals surface area contributed by atoms with Crippen LogP contribution in [-0.4, -0.2) is 22.2 Å². The summed E-state index contributed by atoms with van der Waals surface area (Å²) in [6.07, 6.45) is 4.18. The summed E-state index contributed by atoms with van der Waals surface area (Å²) < 4.78 is 0. The molecule has 4 heteroatoms. The van der Waals surface area contributed by atoms with E-state index < -0.39 is 5.97 Å². The number of carboxylic acid groups (broad SMARTS) is 1. The van der Waals surface area contributed by atoms with Crippen molar-refractivity contribution in [2.24, 2.45) is 17.8 Å². The molecule has 3 rings (SSSR count). The predicted molar refractivity (Wildman–Crippen MR) is 80.0 cm³/mol. The van der Waals surface area contributed by atoms with E-state index in [-0.39, 0.29) is 23.8 Å². The normalized spacial score (nSPS) is 32.2. The fourth-order valence-corrected chi connectivity index (χ4v) is 4.28. The Bertz CT molecular complexity index is 513. The second-order valence-corrected chi connectivity index (χ2v) is 6.44. The van der Waals surface area contributed by atoms with E-state index in [1.807, 2.05) is 12.1 Å². The van der Waals surface area contributed by atoms with Gasteiger partial charge in [-0.1, -0.05) is 19.1 Å². The zero-order chi connectivity index (χ0) is 15.0. The molecule has 2 aliphatic rings. The third-order valence-electron chi connectivity index (χ3n) is 5.30. The minimum Gasteiger partial charge on any atom is -0.508 e. The molecule has 3 N–H and O–H groups in total. The van der Waals surface area contributed by atoms with E-state index in [0.29, 0.717) is 11.8 Å². The second kappa shape index (κ2) is 5.68. The molecule has 5 unspecified atom stereocenters. The Morgan fingerprint density at radius 3 is 2.57 bits per heavy atom. The molecule has 0 amide bonds. The average Bonchev–Trinajstić information content (AvgIpc) is 3.06. The molecule has 0 aliphatic heterocycles. The molecule has 2 aliphatic carbocycles. The zero-order valence-electron chi connectivity index (χ0n) is 12.3. The lowest BCUT2D eigenvalue weighted by Gasteiger charge is -2.32. The van der Waals surface area contributed by atoms with Crippen LogP contribution in [-0.2, 0) is 4.79 Å². The van der Waals surface area contributed by atoms with Crippen molar-refractivity contribution in [3.05, 3.63) is 29.8 Å². The van der Waals surface area contributed by atoms with Crippen LogP contribution in [0.15, 0.2) is 24.3 Å². The largest absolute Gasteiger partial charge is 0.508 e. The number of carboxylic acids is 1. The number of aliphatic carboxylic acids is 1. The Balaban J connectivity index is 1.77. The van der Waals surface area contributed by atoms with E-state index in [4.69, 9.17) is 0 Å². The van der Waals surface area contributed by atoms with Gasteiger partial charge < -0.3 is 15.5 Å². The molecule has 0 heterocycles. The van der Waals surface area contributed by atoms with Crippen molar-refractivity contribution in [2.45, 2.75) is 44.7 Å². The predicted octanol–water partition coefficient (Wildman–Crippen LogP) is 2.93. The van der Waals surface area contributed by atoms with Crippen LogP contribution in [0.2, 0.25) is 0 Å². The molecule has 0 saturated heterocycles. The highest BCUT2D eigenvalue weighted by molar-refractivity contribution is 5.72. The van der Waals surface area contributed by atoms with Crippen molar-refractivity contribution in [3.63, 3.8) is 0 Å². The zero-order valence-corrected chi connectivity index (χ0v) is 12.3. The van der Waals surface area contributed by atoms with Gasteiger partial charge in [0.15, 0.2) is 0 Å². The summed E-state index contributed by atoms with van der Waals surface area (Å²) in [5.74, 6) is 0.219. The highest BCUT2D eigenvalue weighted by Gasteiger charge is 2.51. The number of aromatic hydroxyl groups is 1. The number of fused-ring (bicyclic) bond motifs is 2. The van der Waals surface area contributed by atoms with Crippen LogP contribution in [0.3, 0.4) is 0 Å². The number of rotatable bonds is 5. The molecule has 0 aromatic heterocycles. The number of nitrogens with one attached hydrogen (secondary N) is 1. The first-order valence-corrected chi connectivity index (χ1v) is 7.88. The molecule has 4 nitrogen and oxygen atoms in total. The Labute approximate surface area is 125 Å². The van der Waals surface area contributed by atoms with E-state index in [0.717, 1.165) is 31.2 Å². The number of benzene rings is 1. The standard InChI is InChI=1S/C17H23NO3/c1-2-14(10-5-7-13(19)8-6-10)18-16-12-4-3-11(9-12)15(16)17(20)21/h5-8,11-12,14-16,18-19H,2-4,9H2,1H3,(H,20,21). The van der Waals surface area contributed by atoms with Gasteiger partial charge in [-0.05, 0) is 55.2 Å². The van der Waals surface area contributed by atoms with Crippen molar-refractivity contribution in [2.75, 3.05) is 0 Å². The highest BCUT2D eigenvalue weighted by atomic mass is 16.4. The quantitative estimate of drug-likeness (QED) is 0.779. The number of phenolic OH excluding ortho intramolecular Hbond substituents is 1. The second-order valence-electron chi connectivity index (χ2n) is 6.44. The maximum atomic E-state index is 11.6. The van der Waals surface area contributed by atoms with E-state index in [1.165, 1.54) is 0 Å². The smallest absolute Gasteiger partial charge is 0.308 e. The first-order chi connectivity index (χ1) is 10.1. The number of hydrogen-bond acceptors (Lipinski definition) is 3. The summed E-state index contributed by atoms with van der Waals surface area (Å²) in [7, 11) is 0. The lowest BCUT2D eigenvalue weighted by molar-refractivity contribution is -0.144. The number of phenols is 1. The van der Waals surface area contributed by atoms with E-state index in [9.17, 15) is 15.0 Å². The van der Waals surface area contributed by atoms with Gasteiger partial charge in [-0.2, -0.15) is 0 Å². The van der Waals surface area contributed by atoms with Crippen LogP contribution in [0, 0.1) is 17.8 Å². The topological polar surface area (TPSA) is 69.6 Å². The summed E-state index contributed by atoms with van der Waals surface area (Å²) in [5, 5.41) is 22.5.